The van der Waals surface area contributed by atoms with Crippen LogP contribution in [0.2, 0.25) is 5.02 Å². The molecule has 2 aromatic rings. The maximum absolute atomic E-state index is 5.89. The van der Waals surface area contributed by atoms with Gasteiger partial charge in [-0.05, 0) is 42.0 Å². The van der Waals surface area contributed by atoms with Gasteiger partial charge in [-0.3, -0.25) is 0 Å². The molecule has 0 fully saturated rings. The van der Waals surface area contributed by atoms with Crippen LogP contribution < -0.4 is 22.5 Å². The van der Waals surface area contributed by atoms with Crippen molar-refractivity contribution in [2.24, 2.45) is 0 Å². The summed E-state index contributed by atoms with van der Waals surface area (Å²) in [5.74, 6) is 0. The third-order valence-corrected chi connectivity index (χ3v) is 3.16. The Morgan fingerprint density at radius 1 is 1.00 bits per heavy atom. The fourth-order valence-electron chi connectivity index (χ4n) is 1.73. The number of hydrogen-bond acceptors (Lipinski definition) is 4. The van der Waals surface area contributed by atoms with Crippen molar-refractivity contribution in [1.29, 1.82) is 0 Å². The number of hydrogen-bond donors (Lipinski definition) is 4. The van der Waals surface area contributed by atoms with Crippen molar-refractivity contribution in [1.82, 2.24) is 0 Å². The van der Waals surface area contributed by atoms with Crippen LogP contribution in [-0.4, -0.2) is 6.54 Å². The van der Waals surface area contributed by atoms with Crippen LogP contribution in [0.4, 0.5) is 22.7 Å². The van der Waals surface area contributed by atoms with Gasteiger partial charge in [0.2, 0.25) is 0 Å². The first kappa shape index (κ1) is 14.1. The van der Waals surface area contributed by atoms with E-state index in [1.807, 2.05) is 36.4 Å². The van der Waals surface area contributed by atoms with Gasteiger partial charge < -0.3 is 22.5 Å². The van der Waals surface area contributed by atoms with Crippen LogP contribution in [0.25, 0.3) is 6.08 Å². The first-order chi connectivity index (χ1) is 9.56. The number of nitrogen functional groups attached to an aromatic ring is 3. The predicted molar refractivity (Wildman–Crippen MR) is 88.7 cm³/mol. The topological polar surface area (TPSA) is 90.1 Å². The predicted octanol–water partition coefficient (Wildman–Crippen LogP) is 3.21. The van der Waals surface area contributed by atoms with Gasteiger partial charge >= 0.3 is 0 Å². The van der Waals surface area contributed by atoms with E-state index in [1.165, 1.54) is 0 Å². The second-order valence-corrected chi connectivity index (χ2v) is 4.82. The van der Waals surface area contributed by atoms with Gasteiger partial charge in [-0.1, -0.05) is 23.8 Å². The van der Waals surface area contributed by atoms with E-state index >= 15 is 0 Å². The second kappa shape index (κ2) is 6.21. The lowest BCUT2D eigenvalue weighted by molar-refractivity contribution is 1.34. The van der Waals surface area contributed by atoms with Crippen LogP contribution in [0.5, 0.6) is 0 Å². The maximum atomic E-state index is 5.89. The summed E-state index contributed by atoms with van der Waals surface area (Å²) in [4.78, 5) is 0. The Bertz CT molecular complexity index is 621. The van der Waals surface area contributed by atoms with E-state index in [0.29, 0.717) is 22.9 Å². The summed E-state index contributed by atoms with van der Waals surface area (Å²) in [5.41, 5.74) is 21.0. The highest BCUT2D eigenvalue weighted by molar-refractivity contribution is 6.33. The van der Waals surface area contributed by atoms with Gasteiger partial charge in [-0.25, -0.2) is 0 Å². The smallest absolute Gasteiger partial charge is 0.0656 e. The molecule has 0 unspecified atom stereocenters. The van der Waals surface area contributed by atoms with E-state index in [4.69, 9.17) is 28.8 Å². The largest absolute Gasteiger partial charge is 0.399 e. The Labute approximate surface area is 123 Å². The summed E-state index contributed by atoms with van der Waals surface area (Å²) in [5, 5.41) is 3.72. The molecule has 0 aromatic heterocycles. The number of rotatable bonds is 4. The minimum absolute atomic E-state index is 0.472. The van der Waals surface area contributed by atoms with Crippen molar-refractivity contribution < 1.29 is 0 Å². The highest BCUT2D eigenvalue weighted by Crippen LogP contribution is 2.26. The Hall–Kier alpha value is -2.33. The molecule has 0 spiro atoms. The number of nitrogens with one attached hydrogen (secondary N) is 1. The Balaban J connectivity index is 1.97. The van der Waals surface area contributed by atoms with Crippen molar-refractivity contribution in [2.45, 2.75) is 0 Å². The molecule has 2 aromatic carbocycles. The Morgan fingerprint density at radius 3 is 2.40 bits per heavy atom. The number of nitrogens with two attached hydrogens (primary N) is 3. The molecular formula is C15H17ClN4. The van der Waals surface area contributed by atoms with Gasteiger partial charge in [0, 0.05) is 23.6 Å². The molecule has 0 bridgehead atoms. The first-order valence-corrected chi connectivity index (χ1v) is 6.54. The highest BCUT2D eigenvalue weighted by atomic mass is 35.5. The summed E-state index contributed by atoms with van der Waals surface area (Å²) in [6.45, 7) is 0.673. The average Bonchev–Trinajstić information content (AvgIpc) is 2.42. The lowest BCUT2D eigenvalue weighted by Crippen LogP contribution is -1.98. The molecule has 0 atom stereocenters. The molecule has 20 heavy (non-hydrogen) atoms. The number of benzene rings is 2. The van der Waals surface area contributed by atoms with Crippen LogP contribution in [-0.2, 0) is 0 Å². The van der Waals surface area contributed by atoms with Crippen LogP contribution >= 0.6 is 11.6 Å². The molecule has 0 saturated carbocycles. The van der Waals surface area contributed by atoms with Crippen molar-refractivity contribution in [3.05, 3.63) is 53.1 Å². The quantitative estimate of drug-likeness (QED) is 0.650. The number of halogens is 1. The molecule has 0 aliphatic carbocycles. The van der Waals surface area contributed by atoms with Crippen molar-refractivity contribution >= 4 is 40.4 Å². The Kier molecular flexibility index (Phi) is 4.38. The zero-order valence-corrected chi connectivity index (χ0v) is 11.7. The highest BCUT2D eigenvalue weighted by Gasteiger charge is 2.01. The van der Waals surface area contributed by atoms with E-state index in [9.17, 15) is 0 Å². The molecule has 104 valence electrons. The van der Waals surface area contributed by atoms with Crippen molar-refractivity contribution in [3.63, 3.8) is 0 Å². The van der Waals surface area contributed by atoms with Gasteiger partial charge in [-0.15, -0.1) is 0 Å². The number of anilines is 4. The minimum atomic E-state index is 0.472. The molecule has 7 N–H and O–H groups in total. The molecular weight excluding hydrogens is 272 g/mol. The normalized spacial score (nSPS) is 10.8. The van der Waals surface area contributed by atoms with Crippen LogP contribution in [0.1, 0.15) is 5.56 Å². The van der Waals surface area contributed by atoms with Gasteiger partial charge in [0.25, 0.3) is 0 Å². The van der Waals surface area contributed by atoms with E-state index in [-0.39, 0.29) is 0 Å². The molecule has 0 saturated heterocycles. The summed E-state index contributed by atoms with van der Waals surface area (Å²) in [6, 6.07) is 11.0. The van der Waals surface area contributed by atoms with Gasteiger partial charge in [0.15, 0.2) is 0 Å². The monoisotopic (exact) mass is 288 g/mol. The van der Waals surface area contributed by atoms with Crippen LogP contribution in [0.3, 0.4) is 0 Å². The van der Waals surface area contributed by atoms with Crippen molar-refractivity contribution in [2.75, 3.05) is 29.1 Å². The van der Waals surface area contributed by atoms with E-state index in [0.717, 1.165) is 16.9 Å². The van der Waals surface area contributed by atoms with Gasteiger partial charge in [-0.2, -0.15) is 0 Å². The summed E-state index contributed by atoms with van der Waals surface area (Å²) >= 11 is 5.89. The zero-order chi connectivity index (χ0) is 14.5. The standard InChI is InChI=1S/C15H17ClN4/c16-13-9-14(18)10(8-15(13)19)2-1-7-20-12-5-3-11(17)4-6-12/h1-6,8-9,20H,7,17-19H2. The molecule has 5 heteroatoms. The van der Waals surface area contributed by atoms with Crippen LogP contribution in [0.15, 0.2) is 42.5 Å². The molecule has 4 nitrogen and oxygen atoms in total. The van der Waals surface area contributed by atoms with Crippen LogP contribution in [0, 0.1) is 0 Å². The second-order valence-electron chi connectivity index (χ2n) is 4.41. The van der Waals surface area contributed by atoms with E-state index < -0.39 is 0 Å². The molecule has 0 aliphatic heterocycles. The fraction of sp³-hybridized carbons (Fsp3) is 0.0667. The first-order valence-electron chi connectivity index (χ1n) is 6.16. The molecule has 0 amide bonds. The van der Waals surface area contributed by atoms with Crippen molar-refractivity contribution in [3.8, 4) is 0 Å². The molecule has 2 rings (SSSR count). The molecule has 0 aliphatic rings. The van der Waals surface area contributed by atoms with E-state index in [2.05, 4.69) is 5.32 Å². The summed E-state index contributed by atoms with van der Waals surface area (Å²) < 4.78 is 0. The third kappa shape index (κ3) is 3.59. The molecule has 0 radical (unpaired) electrons. The lowest BCUT2D eigenvalue weighted by Gasteiger charge is -2.05. The SMILES string of the molecule is Nc1ccc(NCC=Cc2cc(N)c(Cl)cc2N)cc1. The summed E-state index contributed by atoms with van der Waals surface area (Å²) in [6.07, 6.45) is 3.88. The minimum Gasteiger partial charge on any atom is -0.399 e. The lowest BCUT2D eigenvalue weighted by atomic mass is 10.1. The Morgan fingerprint density at radius 2 is 1.70 bits per heavy atom. The third-order valence-electron chi connectivity index (χ3n) is 2.83. The fourth-order valence-corrected chi connectivity index (χ4v) is 1.90. The zero-order valence-electron chi connectivity index (χ0n) is 10.9. The average molecular weight is 289 g/mol. The van der Waals surface area contributed by atoms with Gasteiger partial charge in [0.1, 0.15) is 0 Å². The maximum Gasteiger partial charge on any atom is 0.0656 e. The summed E-state index contributed by atoms with van der Waals surface area (Å²) in [7, 11) is 0. The molecule has 0 heterocycles. The van der Waals surface area contributed by atoms with E-state index in [1.54, 1.807) is 12.1 Å². The van der Waals surface area contributed by atoms with Gasteiger partial charge in [0.05, 0.1) is 10.7 Å².